The first-order chi connectivity index (χ1) is 9.47. The fourth-order valence-electron chi connectivity index (χ4n) is 1.47. The average Bonchev–Trinajstić information content (AvgIpc) is 2.39. The number of aromatic nitrogens is 1. The van der Waals surface area contributed by atoms with Crippen molar-refractivity contribution >= 4 is 33.5 Å². The Hall–Kier alpha value is -2.28. The van der Waals surface area contributed by atoms with Crippen molar-refractivity contribution in [1.29, 1.82) is 0 Å². The number of carboxylic acid groups (broad SMARTS) is 1. The summed E-state index contributed by atoms with van der Waals surface area (Å²) < 4.78 is 13.3. The van der Waals surface area contributed by atoms with Crippen molar-refractivity contribution in [1.82, 2.24) is 4.98 Å². The minimum atomic E-state index is -1.15. The Kier molecular flexibility index (Phi) is 4.09. The monoisotopic (exact) mass is 338 g/mol. The van der Waals surface area contributed by atoms with Crippen LogP contribution in [0.4, 0.5) is 10.1 Å². The molecular weight excluding hydrogens is 331 g/mol. The first kappa shape index (κ1) is 14.1. The number of carbonyl (C=O) groups excluding carboxylic acids is 1. The van der Waals surface area contributed by atoms with Gasteiger partial charge >= 0.3 is 5.97 Å². The quantitative estimate of drug-likeness (QED) is 0.901. The van der Waals surface area contributed by atoms with E-state index in [0.717, 1.165) is 0 Å². The number of rotatable bonds is 3. The molecule has 2 aromatic rings. The Labute approximate surface area is 121 Å². The first-order valence-electron chi connectivity index (χ1n) is 5.43. The molecule has 1 aromatic carbocycles. The topological polar surface area (TPSA) is 79.3 Å². The highest BCUT2D eigenvalue weighted by Crippen LogP contribution is 2.19. The third-order valence-electron chi connectivity index (χ3n) is 2.42. The molecule has 0 saturated heterocycles. The van der Waals surface area contributed by atoms with Crippen molar-refractivity contribution < 1.29 is 19.1 Å². The van der Waals surface area contributed by atoms with Crippen LogP contribution in [0.2, 0.25) is 0 Å². The molecule has 1 amide bonds. The van der Waals surface area contributed by atoms with Crippen LogP contribution in [0.3, 0.4) is 0 Å². The van der Waals surface area contributed by atoms with Gasteiger partial charge < -0.3 is 10.4 Å². The Morgan fingerprint density at radius 1 is 1.25 bits per heavy atom. The molecule has 5 nitrogen and oxygen atoms in total. The summed E-state index contributed by atoms with van der Waals surface area (Å²) in [5.41, 5.74) is 0.482. The number of anilines is 1. The molecule has 2 N–H and O–H groups in total. The molecule has 0 spiro atoms. The van der Waals surface area contributed by atoms with Gasteiger partial charge in [-0.15, -0.1) is 0 Å². The summed E-state index contributed by atoms with van der Waals surface area (Å²) in [4.78, 5) is 26.3. The highest BCUT2D eigenvalue weighted by Gasteiger charge is 2.11. The molecule has 20 heavy (non-hydrogen) atoms. The highest BCUT2D eigenvalue weighted by atomic mass is 79.9. The summed E-state index contributed by atoms with van der Waals surface area (Å²) in [6.07, 6.45) is 1.23. The maximum absolute atomic E-state index is 12.9. The summed E-state index contributed by atoms with van der Waals surface area (Å²) >= 11 is 3.10. The van der Waals surface area contributed by atoms with E-state index in [1.54, 1.807) is 0 Å². The zero-order chi connectivity index (χ0) is 14.7. The fourth-order valence-corrected chi connectivity index (χ4v) is 2.00. The van der Waals surface area contributed by atoms with E-state index < -0.39 is 17.7 Å². The van der Waals surface area contributed by atoms with E-state index in [0.29, 0.717) is 10.2 Å². The van der Waals surface area contributed by atoms with Gasteiger partial charge in [0.15, 0.2) is 0 Å². The third kappa shape index (κ3) is 3.18. The number of amides is 1. The number of nitrogens with zero attached hydrogens (tertiary/aromatic N) is 1. The second-order valence-electron chi connectivity index (χ2n) is 3.82. The van der Waals surface area contributed by atoms with Crippen molar-refractivity contribution in [2.45, 2.75) is 0 Å². The number of aromatic carboxylic acids is 1. The fraction of sp³-hybridized carbons (Fsp3) is 0. The van der Waals surface area contributed by atoms with Crippen molar-refractivity contribution in [2.24, 2.45) is 0 Å². The summed E-state index contributed by atoms with van der Waals surface area (Å²) in [7, 11) is 0. The predicted octanol–water partition coefficient (Wildman–Crippen LogP) is 2.93. The van der Waals surface area contributed by atoms with Gasteiger partial charge in [-0.1, -0.05) is 0 Å². The third-order valence-corrected chi connectivity index (χ3v) is 3.07. The SMILES string of the molecule is O=C(O)c1ccc(NC(=O)c2ccc(F)cc2Br)cn1. The lowest BCUT2D eigenvalue weighted by atomic mass is 10.2. The Morgan fingerprint density at radius 2 is 2.00 bits per heavy atom. The van der Waals surface area contributed by atoms with Crippen molar-refractivity contribution in [3.05, 3.63) is 58.1 Å². The van der Waals surface area contributed by atoms with Crippen LogP contribution in [0.1, 0.15) is 20.8 Å². The van der Waals surface area contributed by atoms with E-state index in [2.05, 4.69) is 26.2 Å². The minimum Gasteiger partial charge on any atom is -0.477 e. The van der Waals surface area contributed by atoms with Crippen LogP contribution in [0, 0.1) is 5.82 Å². The molecule has 0 unspecified atom stereocenters. The largest absolute Gasteiger partial charge is 0.477 e. The van der Waals surface area contributed by atoms with E-state index in [1.165, 1.54) is 36.5 Å². The number of hydrogen-bond acceptors (Lipinski definition) is 3. The molecule has 1 aromatic heterocycles. The van der Waals surface area contributed by atoms with Gasteiger partial charge in [-0.3, -0.25) is 4.79 Å². The zero-order valence-electron chi connectivity index (χ0n) is 9.93. The number of carbonyl (C=O) groups is 2. The number of halogens is 2. The lowest BCUT2D eigenvalue weighted by Gasteiger charge is -2.06. The van der Waals surface area contributed by atoms with Crippen LogP contribution < -0.4 is 5.32 Å². The van der Waals surface area contributed by atoms with Crippen molar-refractivity contribution in [2.75, 3.05) is 5.32 Å². The van der Waals surface area contributed by atoms with Gasteiger partial charge in [0.25, 0.3) is 5.91 Å². The number of carboxylic acids is 1. The average molecular weight is 339 g/mol. The molecule has 0 saturated carbocycles. The van der Waals surface area contributed by atoms with Crippen LogP contribution in [0.5, 0.6) is 0 Å². The van der Waals surface area contributed by atoms with Gasteiger partial charge in [-0.2, -0.15) is 0 Å². The van der Waals surface area contributed by atoms with E-state index in [-0.39, 0.29) is 11.3 Å². The minimum absolute atomic E-state index is 0.119. The Bertz CT molecular complexity index is 674. The molecule has 7 heteroatoms. The van der Waals surface area contributed by atoms with Gasteiger partial charge in [-0.05, 0) is 46.3 Å². The highest BCUT2D eigenvalue weighted by molar-refractivity contribution is 9.10. The lowest BCUT2D eigenvalue weighted by molar-refractivity contribution is 0.0690. The van der Waals surface area contributed by atoms with E-state index in [4.69, 9.17) is 5.11 Å². The van der Waals surface area contributed by atoms with Gasteiger partial charge in [0.1, 0.15) is 11.5 Å². The summed E-state index contributed by atoms with van der Waals surface area (Å²) in [5.74, 6) is -2.06. The second kappa shape index (κ2) is 5.79. The molecule has 0 fully saturated rings. The molecule has 0 aliphatic heterocycles. The maximum atomic E-state index is 12.9. The van der Waals surface area contributed by atoms with Gasteiger partial charge in [0, 0.05) is 4.47 Å². The molecule has 0 radical (unpaired) electrons. The maximum Gasteiger partial charge on any atom is 0.354 e. The van der Waals surface area contributed by atoms with Crippen LogP contribution in [0.15, 0.2) is 41.0 Å². The normalized spacial score (nSPS) is 10.1. The number of benzene rings is 1. The molecule has 2 rings (SSSR count). The number of pyridine rings is 1. The number of nitrogens with one attached hydrogen (secondary N) is 1. The Balaban J connectivity index is 2.17. The molecule has 1 heterocycles. The number of hydrogen-bond donors (Lipinski definition) is 2. The summed E-state index contributed by atoms with van der Waals surface area (Å²) in [6, 6.07) is 6.39. The Morgan fingerprint density at radius 3 is 2.55 bits per heavy atom. The second-order valence-corrected chi connectivity index (χ2v) is 4.67. The van der Waals surface area contributed by atoms with Gasteiger partial charge in [0.2, 0.25) is 0 Å². The van der Waals surface area contributed by atoms with Crippen LogP contribution in [0.25, 0.3) is 0 Å². The standard InChI is InChI=1S/C13H8BrFN2O3/c14-10-5-7(15)1-3-9(10)12(18)17-8-2-4-11(13(19)20)16-6-8/h1-6H,(H,17,18)(H,19,20). The van der Waals surface area contributed by atoms with Crippen molar-refractivity contribution in [3.8, 4) is 0 Å². The smallest absolute Gasteiger partial charge is 0.354 e. The van der Waals surface area contributed by atoms with E-state index in [1.807, 2.05) is 0 Å². The van der Waals surface area contributed by atoms with Crippen molar-refractivity contribution in [3.63, 3.8) is 0 Å². The van der Waals surface area contributed by atoms with Gasteiger partial charge in [0.05, 0.1) is 17.4 Å². The summed E-state index contributed by atoms with van der Waals surface area (Å²) in [5, 5.41) is 11.2. The molecular formula is C13H8BrFN2O3. The molecule has 102 valence electrons. The lowest BCUT2D eigenvalue weighted by Crippen LogP contribution is -2.13. The van der Waals surface area contributed by atoms with E-state index in [9.17, 15) is 14.0 Å². The predicted molar refractivity (Wildman–Crippen MR) is 73.2 cm³/mol. The van der Waals surface area contributed by atoms with Gasteiger partial charge in [-0.25, -0.2) is 14.2 Å². The van der Waals surface area contributed by atoms with E-state index >= 15 is 0 Å². The summed E-state index contributed by atoms with van der Waals surface area (Å²) in [6.45, 7) is 0. The molecule has 0 bridgehead atoms. The van der Waals surface area contributed by atoms with Crippen LogP contribution >= 0.6 is 15.9 Å². The van der Waals surface area contributed by atoms with Crippen LogP contribution in [-0.4, -0.2) is 22.0 Å². The molecule has 0 aliphatic carbocycles. The molecule has 0 aliphatic rings. The molecule has 0 atom stereocenters. The van der Waals surface area contributed by atoms with Crippen LogP contribution in [-0.2, 0) is 0 Å². The first-order valence-corrected chi connectivity index (χ1v) is 6.22. The zero-order valence-corrected chi connectivity index (χ0v) is 11.5.